The minimum Gasteiger partial charge on any atom is -0.496 e. The molecule has 2 bridgehead atoms. The first kappa shape index (κ1) is 106. The number of aromatic amines is 1. The number of esters is 1. The van der Waals surface area contributed by atoms with E-state index in [0.717, 1.165) is 45.3 Å². The highest BCUT2D eigenvalue weighted by molar-refractivity contribution is 8.77. The molecule has 4 fully saturated rings. The van der Waals surface area contributed by atoms with Crippen LogP contribution in [0.15, 0.2) is 88.8 Å². The number of amides is 8. The number of benzene rings is 3. The second-order valence-electron chi connectivity index (χ2n) is 36.1. The molecular weight excluding hydrogens is 1860 g/mol. The number of rotatable bonds is 40. The number of aliphatic imine (C=N–C) groups is 1. The molecule has 3 saturated heterocycles. The van der Waals surface area contributed by atoms with Gasteiger partial charge in [-0.2, -0.15) is 4.98 Å². The molecule has 8 unspecified atom stereocenters. The summed E-state index contributed by atoms with van der Waals surface area (Å²) in [4.78, 5) is 216. The molecule has 8 heterocycles. The maximum Gasteiger partial charge on any atom is 0.426 e. The summed E-state index contributed by atoms with van der Waals surface area (Å²) in [5, 5.41) is 106. The minimum absolute atomic E-state index is 0.0228. The third kappa shape index (κ3) is 23.7. The number of likely N-dealkylation sites (N-methyl/N-ethyl adjacent to an activating group) is 1. The van der Waals surface area contributed by atoms with Gasteiger partial charge in [-0.3, -0.25) is 77.8 Å². The number of aliphatic hydroxyl groups excluding tert-OH is 1. The first-order chi connectivity index (χ1) is 65.8. The van der Waals surface area contributed by atoms with Gasteiger partial charge in [-0.25, -0.2) is 29.8 Å². The Labute approximate surface area is 805 Å². The van der Waals surface area contributed by atoms with E-state index in [2.05, 4.69) is 94.2 Å². The number of methoxy groups -OCH3 is 2. The van der Waals surface area contributed by atoms with Gasteiger partial charge in [-0.15, -0.1) is 0 Å². The third-order valence-electron chi connectivity index (χ3n) is 27.0. The lowest BCUT2D eigenvalue weighted by Crippen LogP contribution is -2.82. The number of hydrazine groups is 1. The number of aliphatic carboxylic acids is 5. The lowest BCUT2D eigenvalue weighted by molar-refractivity contribution is -0.204. The summed E-state index contributed by atoms with van der Waals surface area (Å²) in [7, 11) is 6.66. The Bertz CT molecular complexity index is 5590. The number of aliphatic hydroxyl groups is 3. The zero-order valence-electron chi connectivity index (χ0n) is 78.0. The molecule has 3 aromatic carbocycles. The highest BCUT2D eigenvalue weighted by Gasteiger charge is 2.79. The van der Waals surface area contributed by atoms with E-state index >= 15 is 9.59 Å². The van der Waals surface area contributed by atoms with Crippen LogP contribution in [0.1, 0.15) is 164 Å². The number of ether oxygens (including phenoxy) is 3. The molecule has 6 aliphatic heterocycles. The average molecular weight is 1980 g/mol. The molecule has 12 rings (SSSR count). The second kappa shape index (κ2) is 45.1. The Kier molecular flexibility index (Phi) is 34.5. The summed E-state index contributed by atoms with van der Waals surface area (Å²) in [5.74, 6) is -14.9. The van der Waals surface area contributed by atoms with E-state index in [-0.39, 0.29) is 78.1 Å². The number of hydrogen-bond acceptors (Lipinski definition) is 33. The van der Waals surface area contributed by atoms with Crippen LogP contribution in [0.4, 0.5) is 27.8 Å². The molecule has 47 nitrogen and oxygen atoms in total. The van der Waals surface area contributed by atoms with Crippen molar-refractivity contribution < 1.29 is 122 Å². The van der Waals surface area contributed by atoms with E-state index in [1.807, 2.05) is 56.3 Å². The summed E-state index contributed by atoms with van der Waals surface area (Å²) in [6.45, 7) is 13.1. The minimum atomic E-state index is -2.68. The number of piperidine rings is 1. The van der Waals surface area contributed by atoms with Crippen molar-refractivity contribution in [2.75, 3.05) is 87.6 Å². The monoisotopic (exact) mass is 1980 g/mol. The average Bonchev–Trinajstić information content (AvgIpc) is 1.48. The van der Waals surface area contributed by atoms with Gasteiger partial charge in [0.25, 0.3) is 17.4 Å². The Hall–Kier alpha value is -13.2. The van der Waals surface area contributed by atoms with Crippen LogP contribution in [0.5, 0.6) is 5.75 Å². The SMILES string of the molecule is CCC1(O)CC2CN(CCC3c4ccccc4NC3[C@@](C(=O)OC)(c3cc4c(cc3OC)N(C)[C@@H]3C45CCN4CC=C[C@](CC)([C@H]45)[C@@H](O)[C@]3(O)C(=O)NNC(=O)OC(C)C(C)SSC[C@H](NC(=O)[C@H](CC(=O)O)NC(=O)[C@H](CC(=O)O)NC(C)=O)C(=O)O)C2)C1.C[C@H](CCCN=C(N)N)NC(=O)[C@H](CC(=O)O)NC(=O)CC[C@H](NC(=O)c1ccc(NCc2cnc3nc(N)[nH]c(=O)c3n2)cc1)C(=O)O. The number of anilines is 4. The Balaban J connectivity index is 0.000000319. The number of para-hydroxylation sites is 1. The number of nitrogens with zero attached hydrogens (tertiary/aromatic N) is 7. The number of hydrogen-bond donors (Lipinski definition) is 22. The van der Waals surface area contributed by atoms with E-state index in [1.54, 1.807) is 37.9 Å². The largest absolute Gasteiger partial charge is 0.496 e. The fourth-order valence-corrected chi connectivity index (χ4v) is 23.2. The molecule has 139 heavy (non-hydrogen) atoms. The fraction of sp³-hybridized carbons (Fsp3) is 0.544. The number of nitrogens with one attached hydrogen (secondary N) is 11. The summed E-state index contributed by atoms with van der Waals surface area (Å²) < 4.78 is 18.1. The number of carboxylic acid groups (broad SMARTS) is 5. The van der Waals surface area contributed by atoms with Gasteiger partial charge in [0, 0.05) is 121 Å². The number of aromatic nitrogens is 4. The number of nitrogen functional groups attached to an aromatic ring is 1. The van der Waals surface area contributed by atoms with Gasteiger partial charge in [0.05, 0.1) is 69.6 Å². The van der Waals surface area contributed by atoms with Gasteiger partial charge in [0.1, 0.15) is 53.6 Å². The molecule has 2 aromatic heterocycles. The standard InChI is InChI=1S/C61H83N9O18S2.C29H38N12O8/c1-9-57(84)26-34-27-60(55(82)87-8,47-36(16-20-69(28-34)30-57)35-14-11-12-15-39(35)63-47)38-22-37-43(25-44(38)86-7)68(6)52-59(37)18-21-70-19-13-17-58(10-2,51(59)70)53(80)61(52,85)54(81)66-67-56(83)88-31(3)32(4)90-89-29-42(50(78)79)65-49(77)41(24-46(74)75)64-48(76)40(23-45(72)73)62-33(5)71;1-14(3-2-10-33-28(30)31)36-25(46)19(11-21(43)44)38-20(42)9-8-18(27(48)49)39-24(45)15-4-6-16(7-5-15)34-12-17-13-35-23-22(37-17)26(47)41-29(32)40-23/h11-15,17,22,25,31-32,34,36,40-42,47,51-53,63,80,84-85H,9-10,16,18-21,23-24,26-30H2,1-8H3,(H,62,71)(H,64,76)(H,65,77)(H,66,81)(H,67,83)(H,72,73)(H,74,75)(H,78,79);4-7,13-14,18-19,34H,2-3,8-12H2,1H3,(H,36,46)(H,38,42)(H,39,45)(H,43,44)(H,48,49)(H4,30,31,33)(H3,32,35,40,41,47)/t31?,32?,34?,36?,40-,41-,42-,47?,51-,52+,53+,57?,58+,59?,60-,61-;14-,18+,19+/m01/s1. The van der Waals surface area contributed by atoms with Crippen molar-refractivity contribution in [3.8, 4) is 5.75 Å². The van der Waals surface area contributed by atoms with Crippen LogP contribution >= 0.6 is 21.6 Å². The predicted molar refractivity (Wildman–Crippen MR) is 505 cm³/mol. The highest BCUT2D eigenvalue weighted by atomic mass is 33.1. The van der Waals surface area contributed by atoms with E-state index in [9.17, 15) is 103 Å². The van der Waals surface area contributed by atoms with Gasteiger partial charge in [-0.1, -0.05) is 65.8 Å². The van der Waals surface area contributed by atoms with Crippen LogP contribution < -0.4 is 85.8 Å². The molecule has 5 aromatic rings. The van der Waals surface area contributed by atoms with Crippen LogP contribution in [0, 0.1) is 11.3 Å². The van der Waals surface area contributed by atoms with Crippen LogP contribution in [0.25, 0.3) is 11.2 Å². The van der Waals surface area contributed by atoms with E-state index < -0.39 is 208 Å². The number of guanidine groups is 1. The Morgan fingerprint density at radius 2 is 1.40 bits per heavy atom. The van der Waals surface area contributed by atoms with Gasteiger partial charge in [0.15, 0.2) is 22.7 Å². The highest BCUT2D eigenvalue weighted by Crippen LogP contribution is 2.68. The number of H-pyrrole nitrogens is 1. The van der Waals surface area contributed by atoms with Gasteiger partial charge >= 0.3 is 41.9 Å². The summed E-state index contributed by atoms with van der Waals surface area (Å²) in [6.07, 6.45) is 1.59. The van der Waals surface area contributed by atoms with Crippen molar-refractivity contribution in [2.45, 2.75) is 231 Å². The van der Waals surface area contributed by atoms with Crippen molar-refractivity contribution in [1.29, 1.82) is 0 Å². The maximum absolute atomic E-state index is 15.6. The molecule has 49 heteroatoms. The molecule has 1 spiro atoms. The third-order valence-corrected chi connectivity index (χ3v) is 30.0. The molecule has 1 aliphatic carbocycles. The number of carbonyl (C=O) groups is 14. The maximum atomic E-state index is 15.6. The zero-order valence-corrected chi connectivity index (χ0v) is 79.7. The van der Waals surface area contributed by atoms with E-state index in [0.29, 0.717) is 106 Å². The topological polar surface area (TPSA) is 720 Å². The van der Waals surface area contributed by atoms with Crippen molar-refractivity contribution in [3.05, 3.63) is 117 Å². The molecule has 20 atom stereocenters. The van der Waals surface area contributed by atoms with Crippen molar-refractivity contribution in [1.82, 2.24) is 72.5 Å². The lowest BCUT2D eigenvalue weighted by atomic mass is 9.47. The lowest BCUT2D eigenvalue weighted by Gasteiger charge is -2.63. The summed E-state index contributed by atoms with van der Waals surface area (Å²) in [5.41, 5.74) is 17.8. The smallest absolute Gasteiger partial charge is 0.426 e. The number of carbonyl (C=O) groups excluding carboxylic acids is 9. The molecule has 8 amide bonds. The van der Waals surface area contributed by atoms with Gasteiger partial charge in [-0.05, 0) is 145 Å². The first-order valence-corrected chi connectivity index (χ1v) is 47.7. The van der Waals surface area contributed by atoms with Gasteiger partial charge in [0.2, 0.25) is 35.5 Å². The van der Waals surface area contributed by atoms with Crippen LogP contribution in [-0.2, 0) is 84.4 Å². The van der Waals surface area contributed by atoms with Crippen LogP contribution in [0.2, 0.25) is 0 Å². The van der Waals surface area contributed by atoms with Gasteiger partial charge < -0.3 is 125 Å². The zero-order chi connectivity index (χ0) is 102. The molecule has 0 radical (unpaired) electrons. The number of fused-ring (bicyclic) bond motifs is 7. The van der Waals surface area contributed by atoms with E-state index in [1.165, 1.54) is 39.5 Å². The molecule has 754 valence electrons. The van der Waals surface area contributed by atoms with Crippen LogP contribution in [0.3, 0.4) is 0 Å². The fourth-order valence-electron chi connectivity index (χ4n) is 20.5. The quantitative estimate of drug-likeness (QED) is 0.00465. The second-order valence-corrected chi connectivity index (χ2v) is 38.9. The number of carboxylic acids is 5. The van der Waals surface area contributed by atoms with Crippen molar-refractivity contribution in [3.63, 3.8) is 0 Å². The summed E-state index contributed by atoms with van der Waals surface area (Å²) in [6, 6.07) is 7.26. The molecule has 7 aliphatic rings. The first-order valence-electron chi connectivity index (χ1n) is 45.3. The predicted octanol–water partition coefficient (Wildman–Crippen LogP) is -0.0445. The molecule has 1 saturated carbocycles. The van der Waals surface area contributed by atoms with Crippen molar-refractivity contribution in [2.24, 2.45) is 27.8 Å². The van der Waals surface area contributed by atoms with Crippen LogP contribution in [-0.4, -0.2) is 309 Å². The Morgan fingerprint density at radius 3 is 2.04 bits per heavy atom. The van der Waals surface area contributed by atoms with Crippen molar-refractivity contribution >= 4 is 145 Å². The molecule has 25 N–H and O–H groups in total. The molecular formula is C90H121N21O26S2. The normalized spacial score (nSPS) is 25.0. The Morgan fingerprint density at radius 1 is 0.748 bits per heavy atom. The summed E-state index contributed by atoms with van der Waals surface area (Å²) >= 11 is 0. The number of nitrogens with two attached hydrogens (primary N) is 3. The van der Waals surface area contributed by atoms with E-state index in [4.69, 9.17) is 31.4 Å².